The van der Waals surface area contributed by atoms with Crippen LogP contribution in [-0.4, -0.2) is 13.1 Å². The number of hydrogen-bond donors (Lipinski definition) is 1. The van der Waals surface area contributed by atoms with E-state index in [1.807, 2.05) is 30.3 Å². The fraction of sp³-hybridized carbons (Fsp3) is 0.368. The molecule has 0 fully saturated rings. The maximum absolute atomic E-state index is 5.86. The molecule has 2 aromatic carbocycles. The average molecular weight is 283 g/mol. The molecular weight excluding hydrogens is 258 g/mol. The van der Waals surface area contributed by atoms with Crippen molar-refractivity contribution in [3.05, 3.63) is 65.7 Å². The molecule has 0 bridgehead atoms. The fourth-order valence-corrected chi connectivity index (χ4v) is 2.23. The van der Waals surface area contributed by atoms with Crippen molar-refractivity contribution >= 4 is 0 Å². The Morgan fingerprint density at radius 3 is 2.29 bits per heavy atom. The summed E-state index contributed by atoms with van der Waals surface area (Å²) < 4.78 is 5.86. The summed E-state index contributed by atoms with van der Waals surface area (Å²) in [7, 11) is 0. The molecule has 0 aliphatic rings. The molecule has 112 valence electrons. The normalized spacial score (nSPS) is 10.8. The van der Waals surface area contributed by atoms with Crippen molar-refractivity contribution in [1.29, 1.82) is 0 Å². The molecule has 0 radical (unpaired) electrons. The molecule has 0 spiro atoms. The molecular formula is C19H25NO. The summed E-state index contributed by atoms with van der Waals surface area (Å²) >= 11 is 0. The number of benzene rings is 2. The lowest BCUT2D eigenvalue weighted by atomic mass is 10.1. The highest BCUT2D eigenvalue weighted by atomic mass is 16.5. The Labute approximate surface area is 128 Å². The maximum atomic E-state index is 5.86. The average Bonchev–Trinajstić information content (AvgIpc) is 2.51. The molecule has 2 aromatic rings. The zero-order valence-electron chi connectivity index (χ0n) is 13.0. The Morgan fingerprint density at radius 1 is 0.905 bits per heavy atom. The van der Waals surface area contributed by atoms with Crippen LogP contribution < -0.4 is 10.1 Å². The van der Waals surface area contributed by atoms with Crippen LogP contribution in [0.25, 0.3) is 0 Å². The van der Waals surface area contributed by atoms with Crippen molar-refractivity contribution in [3.8, 4) is 5.75 Å². The second-order valence-electron chi connectivity index (χ2n) is 5.72. The van der Waals surface area contributed by atoms with Gasteiger partial charge in [0.05, 0.1) is 0 Å². The molecule has 0 heterocycles. The predicted octanol–water partition coefficient (Wildman–Crippen LogP) is 4.05. The third-order valence-electron chi connectivity index (χ3n) is 3.38. The number of para-hydroxylation sites is 1. The second-order valence-corrected chi connectivity index (χ2v) is 5.72. The zero-order valence-corrected chi connectivity index (χ0v) is 13.0. The van der Waals surface area contributed by atoms with E-state index in [1.165, 1.54) is 11.1 Å². The van der Waals surface area contributed by atoms with E-state index in [2.05, 4.69) is 43.4 Å². The third-order valence-corrected chi connectivity index (χ3v) is 3.38. The number of nitrogens with one attached hydrogen (secondary N) is 1. The topological polar surface area (TPSA) is 21.3 Å². The zero-order chi connectivity index (χ0) is 14.9. The summed E-state index contributed by atoms with van der Waals surface area (Å²) in [6.45, 7) is 7.18. The van der Waals surface area contributed by atoms with Crippen molar-refractivity contribution in [2.24, 2.45) is 5.92 Å². The molecule has 1 N–H and O–H groups in total. The highest BCUT2D eigenvalue weighted by molar-refractivity contribution is 5.28. The highest BCUT2D eigenvalue weighted by Crippen LogP contribution is 2.15. The van der Waals surface area contributed by atoms with E-state index < -0.39 is 0 Å². The summed E-state index contributed by atoms with van der Waals surface area (Å²) in [6.07, 6.45) is 1.04. The Morgan fingerprint density at radius 2 is 1.57 bits per heavy atom. The van der Waals surface area contributed by atoms with Crippen LogP contribution in [0.15, 0.2) is 54.6 Å². The highest BCUT2D eigenvalue weighted by Gasteiger charge is 2.03. The van der Waals surface area contributed by atoms with Gasteiger partial charge < -0.3 is 10.1 Å². The third kappa shape index (κ3) is 5.60. The number of rotatable bonds is 8. The lowest BCUT2D eigenvalue weighted by Gasteiger charge is -2.12. The monoisotopic (exact) mass is 283 g/mol. The lowest BCUT2D eigenvalue weighted by Crippen LogP contribution is -2.22. The van der Waals surface area contributed by atoms with Crippen molar-refractivity contribution in [1.82, 2.24) is 5.32 Å². The molecule has 0 saturated carbocycles. The first-order valence-corrected chi connectivity index (χ1v) is 7.71. The minimum atomic E-state index is 0.629. The van der Waals surface area contributed by atoms with Gasteiger partial charge in [-0.15, -0.1) is 0 Å². The summed E-state index contributed by atoms with van der Waals surface area (Å²) in [4.78, 5) is 0. The summed E-state index contributed by atoms with van der Waals surface area (Å²) in [5.41, 5.74) is 2.64. The van der Waals surface area contributed by atoms with E-state index in [1.54, 1.807) is 0 Å². The predicted molar refractivity (Wildman–Crippen MR) is 88.6 cm³/mol. The van der Waals surface area contributed by atoms with Crippen molar-refractivity contribution in [2.45, 2.75) is 26.9 Å². The Bertz CT molecular complexity index is 522. The van der Waals surface area contributed by atoms with Gasteiger partial charge in [0, 0.05) is 0 Å². The standard InChI is InChI=1S/C19H25NO/c1-16(2)14-20-13-12-17-8-6-7-9-18(17)15-21-19-10-4-3-5-11-19/h3-11,16,20H,12-15H2,1-2H3. The molecule has 0 aromatic heterocycles. The van der Waals surface area contributed by atoms with Crippen LogP contribution in [0.3, 0.4) is 0 Å². The van der Waals surface area contributed by atoms with Gasteiger partial charge in [-0.05, 0) is 48.7 Å². The molecule has 0 saturated heterocycles. The largest absolute Gasteiger partial charge is 0.489 e. The summed E-state index contributed by atoms with van der Waals surface area (Å²) in [5, 5.41) is 3.49. The molecule has 0 unspecified atom stereocenters. The minimum absolute atomic E-state index is 0.629. The molecule has 2 rings (SSSR count). The lowest BCUT2D eigenvalue weighted by molar-refractivity contribution is 0.305. The van der Waals surface area contributed by atoms with Gasteiger partial charge in [-0.3, -0.25) is 0 Å². The minimum Gasteiger partial charge on any atom is -0.489 e. The molecule has 0 aliphatic heterocycles. The first-order chi connectivity index (χ1) is 10.3. The Kier molecular flexibility index (Phi) is 6.29. The summed E-state index contributed by atoms with van der Waals surface area (Å²) in [5.74, 6) is 1.62. The van der Waals surface area contributed by atoms with E-state index in [0.29, 0.717) is 12.5 Å². The number of ether oxygens (including phenoxy) is 1. The first kappa shape index (κ1) is 15.6. The van der Waals surface area contributed by atoms with Gasteiger partial charge in [0.1, 0.15) is 12.4 Å². The second kappa shape index (κ2) is 8.48. The van der Waals surface area contributed by atoms with Crippen LogP contribution in [0.4, 0.5) is 0 Å². The van der Waals surface area contributed by atoms with Crippen molar-refractivity contribution in [2.75, 3.05) is 13.1 Å². The molecule has 0 atom stereocenters. The molecule has 2 heteroatoms. The quantitative estimate of drug-likeness (QED) is 0.738. The molecule has 0 aliphatic carbocycles. The van der Waals surface area contributed by atoms with Crippen molar-refractivity contribution in [3.63, 3.8) is 0 Å². The van der Waals surface area contributed by atoms with Crippen LogP contribution in [0, 0.1) is 5.92 Å². The van der Waals surface area contributed by atoms with Crippen molar-refractivity contribution < 1.29 is 4.74 Å². The molecule has 21 heavy (non-hydrogen) atoms. The molecule has 2 nitrogen and oxygen atoms in total. The SMILES string of the molecule is CC(C)CNCCc1ccccc1COc1ccccc1. The van der Waals surface area contributed by atoms with Gasteiger partial charge in [-0.25, -0.2) is 0 Å². The van der Waals surface area contributed by atoms with Crippen LogP contribution >= 0.6 is 0 Å². The van der Waals surface area contributed by atoms with Gasteiger partial charge in [0.25, 0.3) is 0 Å². The van der Waals surface area contributed by atoms with Gasteiger partial charge in [0.2, 0.25) is 0 Å². The van der Waals surface area contributed by atoms with Crippen LogP contribution in [0.1, 0.15) is 25.0 Å². The van der Waals surface area contributed by atoms with Gasteiger partial charge in [0.15, 0.2) is 0 Å². The van der Waals surface area contributed by atoms with Gasteiger partial charge in [-0.2, -0.15) is 0 Å². The van der Waals surface area contributed by atoms with Gasteiger partial charge >= 0.3 is 0 Å². The maximum Gasteiger partial charge on any atom is 0.119 e. The van der Waals surface area contributed by atoms with Crippen LogP contribution in [0.2, 0.25) is 0 Å². The van der Waals surface area contributed by atoms with E-state index in [-0.39, 0.29) is 0 Å². The fourth-order valence-electron chi connectivity index (χ4n) is 2.23. The van der Waals surface area contributed by atoms with E-state index in [0.717, 1.165) is 25.3 Å². The molecule has 0 amide bonds. The summed E-state index contributed by atoms with van der Waals surface area (Å²) in [6, 6.07) is 18.5. The smallest absolute Gasteiger partial charge is 0.119 e. The van der Waals surface area contributed by atoms with Crippen LogP contribution in [-0.2, 0) is 13.0 Å². The van der Waals surface area contributed by atoms with E-state index >= 15 is 0 Å². The number of hydrogen-bond acceptors (Lipinski definition) is 2. The first-order valence-electron chi connectivity index (χ1n) is 7.71. The Balaban J connectivity index is 1.87. The Hall–Kier alpha value is -1.80. The van der Waals surface area contributed by atoms with Crippen LogP contribution in [0.5, 0.6) is 5.75 Å². The van der Waals surface area contributed by atoms with E-state index in [9.17, 15) is 0 Å². The van der Waals surface area contributed by atoms with Gasteiger partial charge in [-0.1, -0.05) is 56.3 Å². The van der Waals surface area contributed by atoms with E-state index in [4.69, 9.17) is 4.74 Å².